The van der Waals surface area contributed by atoms with Gasteiger partial charge in [-0.1, -0.05) is 6.07 Å². The molecule has 0 aliphatic rings. The lowest BCUT2D eigenvalue weighted by Crippen LogP contribution is -2.11. The average molecular weight is 375 g/mol. The zero-order chi connectivity index (χ0) is 17.7. The average Bonchev–Trinajstić information content (AvgIpc) is 3.01. The van der Waals surface area contributed by atoms with Crippen LogP contribution in [0.3, 0.4) is 0 Å². The van der Waals surface area contributed by atoms with Crippen molar-refractivity contribution in [1.29, 1.82) is 0 Å². The molecule has 0 aliphatic heterocycles. The molecular weight excluding hydrogens is 363 g/mol. The largest absolute Gasteiger partial charge is 0.433 e. The van der Waals surface area contributed by atoms with E-state index >= 15 is 0 Å². The highest BCUT2D eigenvalue weighted by atomic mass is 32.2. The molecule has 24 heavy (non-hydrogen) atoms. The second-order valence-corrected chi connectivity index (χ2v) is 8.55. The predicted octanol–water partition coefficient (Wildman–Crippen LogP) is 3.33. The van der Waals surface area contributed by atoms with Crippen LogP contribution >= 0.6 is 11.3 Å². The van der Waals surface area contributed by atoms with Crippen LogP contribution in [0.25, 0.3) is 10.2 Å². The maximum Gasteiger partial charge on any atom is 0.433 e. The molecule has 10 heteroatoms. The highest BCUT2D eigenvalue weighted by Gasteiger charge is 2.35. The summed E-state index contributed by atoms with van der Waals surface area (Å²) >= 11 is 0.993. The Balaban J connectivity index is 1.96. The molecule has 0 saturated carbocycles. The van der Waals surface area contributed by atoms with Crippen LogP contribution in [-0.4, -0.2) is 23.2 Å². The van der Waals surface area contributed by atoms with Gasteiger partial charge >= 0.3 is 6.18 Å². The highest BCUT2D eigenvalue weighted by molar-refractivity contribution is 7.92. The van der Waals surface area contributed by atoms with Gasteiger partial charge in [-0.15, -0.1) is 11.3 Å². The number of aromatic nitrogens is 3. The Kier molecular flexibility index (Phi) is 3.91. The smallest absolute Gasteiger partial charge is 0.263 e. The number of alkyl halides is 3. The first-order valence-electron chi connectivity index (χ1n) is 6.76. The van der Waals surface area contributed by atoms with E-state index in [0.29, 0.717) is 14.9 Å². The van der Waals surface area contributed by atoms with Crippen LogP contribution in [0.5, 0.6) is 0 Å². The summed E-state index contributed by atoms with van der Waals surface area (Å²) in [5, 5.41) is 3.65. The summed E-state index contributed by atoms with van der Waals surface area (Å²) < 4.78 is 64.4. The molecule has 2 aromatic heterocycles. The van der Waals surface area contributed by atoms with Crippen molar-refractivity contribution in [2.45, 2.75) is 23.2 Å². The van der Waals surface area contributed by atoms with Crippen LogP contribution in [0.2, 0.25) is 0 Å². The van der Waals surface area contributed by atoms with Crippen molar-refractivity contribution in [2.24, 2.45) is 7.05 Å². The number of hydrogen-bond donors (Lipinski definition) is 0. The van der Waals surface area contributed by atoms with Gasteiger partial charge in [0, 0.05) is 7.05 Å². The molecule has 0 fully saturated rings. The number of thiazole rings is 1. The standard InChI is InChI=1S/C14H12F3N3O2S2/c1-8-3-4-11-10(5-8)18-13(23-11)24(21,22)7-9-6-12(14(15,16)17)20(2)19-9/h3-6H,7H2,1-2H3. The Morgan fingerprint density at radius 2 is 1.96 bits per heavy atom. The molecule has 0 saturated heterocycles. The minimum Gasteiger partial charge on any atom is -0.263 e. The maximum atomic E-state index is 12.8. The summed E-state index contributed by atoms with van der Waals surface area (Å²) in [7, 11) is -2.75. The number of fused-ring (bicyclic) bond motifs is 1. The molecule has 3 rings (SSSR count). The van der Waals surface area contributed by atoms with Gasteiger partial charge < -0.3 is 0 Å². The van der Waals surface area contributed by atoms with E-state index in [4.69, 9.17) is 0 Å². The zero-order valence-corrected chi connectivity index (χ0v) is 14.3. The van der Waals surface area contributed by atoms with Gasteiger partial charge in [0.25, 0.3) is 0 Å². The lowest BCUT2D eigenvalue weighted by atomic mass is 10.2. The van der Waals surface area contributed by atoms with Crippen molar-refractivity contribution in [3.05, 3.63) is 41.2 Å². The van der Waals surface area contributed by atoms with Gasteiger partial charge in [0.15, 0.2) is 0 Å². The minimum atomic E-state index is -4.59. The summed E-state index contributed by atoms with van der Waals surface area (Å²) in [4.78, 5) is 4.09. The van der Waals surface area contributed by atoms with Gasteiger partial charge in [0.05, 0.1) is 15.9 Å². The van der Waals surface area contributed by atoms with E-state index in [1.807, 2.05) is 13.0 Å². The normalized spacial score (nSPS) is 12.9. The summed E-state index contributed by atoms with van der Waals surface area (Å²) in [6.45, 7) is 1.86. The topological polar surface area (TPSA) is 64.8 Å². The maximum absolute atomic E-state index is 12.8. The van der Waals surface area contributed by atoms with Crippen LogP contribution in [0.15, 0.2) is 28.6 Å². The molecule has 0 bridgehead atoms. The molecular formula is C14H12F3N3O2S2. The van der Waals surface area contributed by atoms with E-state index in [0.717, 1.165) is 30.0 Å². The van der Waals surface area contributed by atoms with E-state index in [9.17, 15) is 21.6 Å². The quantitative estimate of drug-likeness (QED) is 0.704. The molecule has 0 N–H and O–H groups in total. The molecule has 0 aliphatic carbocycles. The number of aryl methyl sites for hydroxylation is 2. The molecule has 3 aromatic rings. The Morgan fingerprint density at radius 3 is 2.58 bits per heavy atom. The lowest BCUT2D eigenvalue weighted by molar-refractivity contribution is -0.143. The van der Waals surface area contributed by atoms with Crippen LogP contribution in [0, 0.1) is 6.92 Å². The first-order chi connectivity index (χ1) is 11.1. The molecule has 0 unspecified atom stereocenters. The lowest BCUT2D eigenvalue weighted by Gasteiger charge is -2.04. The molecule has 0 amide bonds. The van der Waals surface area contributed by atoms with Gasteiger partial charge in [0.2, 0.25) is 14.2 Å². The van der Waals surface area contributed by atoms with Gasteiger partial charge in [-0.3, -0.25) is 4.68 Å². The number of benzene rings is 1. The highest BCUT2D eigenvalue weighted by Crippen LogP contribution is 2.31. The van der Waals surface area contributed by atoms with Gasteiger partial charge in [-0.25, -0.2) is 13.4 Å². The van der Waals surface area contributed by atoms with Crippen molar-refractivity contribution < 1.29 is 21.6 Å². The number of nitrogens with zero attached hydrogens (tertiary/aromatic N) is 3. The van der Waals surface area contributed by atoms with Crippen LogP contribution in [0.4, 0.5) is 13.2 Å². The van der Waals surface area contributed by atoms with E-state index < -0.39 is 27.5 Å². The third-order valence-electron chi connectivity index (χ3n) is 3.35. The van der Waals surface area contributed by atoms with Crippen molar-refractivity contribution in [2.75, 3.05) is 0 Å². The summed E-state index contributed by atoms with van der Waals surface area (Å²) in [6, 6.07) is 6.11. The molecule has 0 spiro atoms. The molecule has 5 nitrogen and oxygen atoms in total. The van der Waals surface area contributed by atoms with Crippen molar-refractivity contribution >= 4 is 31.4 Å². The SMILES string of the molecule is Cc1ccc2sc(S(=O)(=O)Cc3cc(C(F)(F)F)n(C)n3)nc2c1. The first kappa shape index (κ1) is 16.9. The fourth-order valence-electron chi connectivity index (χ4n) is 2.27. The molecule has 1 aromatic carbocycles. The monoisotopic (exact) mass is 375 g/mol. The number of sulfone groups is 1. The Labute approximate surface area is 139 Å². The second-order valence-electron chi connectivity index (χ2n) is 5.35. The van der Waals surface area contributed by atoms with E-state index in [2.05, 4.69) is 10.1 Å². The number of rotatable bonds is 3. The Morgan fingerprint density at radius 1 is 1.25 bits per heavy atom. The minimum absolute atomic E-state index is 0.123. The molecule has 128 valence electrons. The van der Waals surface area contributed by atoms with Crippen molar-refractivity contribution in [3.63, 3.8) is 0 Å². The van der Waals surface area contributed by atoms with Crippen LogP contribution < -0.4 is 0 Å². The van der Waals surface area contributed by atoms with E-state index in [1.54, 1.807) is 12.1 Å². The third-order valence-corrected chi connectivity index (χ3v) is 6.49. The van der Waals surface area contributed by atoms with Gasteiger partial charge in [0.1, 0.15) is 11.4 Å². The Bertz CT molecular complexity index is 1020. The fourth-order valence-corrected chi connectivity index (χ4v) is 4.79. The van der Waals surface area contributed by atoms with Crippen molar-refractivity contribution in [3.8, 4) is 0 Å². The zero-order valence-electron chi connectivity index (χ0n) is 12.6. The van der Waals surface area contributed by atoms with E-state index in [1.165, 1.54) is 0 Å². The fraction of sp³-hybridized carbons (Fsp3) is 0.286. The van der Waals surface area contributed by atoms with Gasteiger partial charge in [-0.2, -0.15) is 18.3 Å². The molecule has 0 atom stereocenters. The predicted molar refractivity (Wildman–Crippen MR) is 83.5 cm³/mol. The molecule has 2 heterocycles. The Hall–Kier alpha value is -1.94. The number of halogens is 3. The van der Waals surface area contributed by atoms with Gasteiger partial charge in [-0.05, 0) is 30.7 Å². The van der Waals surface area contributed by atoms with Crippen LogP contribution in [0.1, 0.15) is 17.0 Å². The van der Waals surface area contributed by atoms with E-state index in [-0.39, 0.29) is 10.0 Å². The second kappa shape index (κ2) is 5.55. The summed E-state index contributed by atoms with van der Waals surface area (Å²) in [6.07, 6.45) is -4.59. The first-order valence-corrected chi connectivity index (χ1v) is 9.23. The van der Waals surface area contributed by atoms with Crippen LogP contribution in [-0.2, 0) is 28.8 Å². The number of hydrogen-bond acceptors (Lipinski definition) is 5. The summed E-state index contributed by atoms with van der Waals surface area (Å²) in [5.74, 6) is -0.629. The molecule has 0 radical (unpaired) electrons. The summed E-state index contributed by atoms with van der Waals surface area (Å²) in [5.41, 5.74) is 0.333. The van der Waals surface area contributed by atoms with Crippen molar-refractivity contribution in [1.82, 2.24) is 14.8 Å². The third kappa shape index (κ3) is 3.16.